The van der Waals surface area contributed by atoms with E-state index in [2.05, 4.69) is 4.98 Å². The summed E-state index contributed by atoms with van der Waals surface area (Å²) in [5.74, 6) is -0.634. The summed E-state index contributed by atoms with van der Waals surface area (Å²) < 4.78 is 16.3. The van der Waals surface area contributed by atoms with Gasteiger partial charge in [-0.2, -0.15) is 0 Å². The predicted octanol–water partition coefficient (Wildman–Crippen LogP) is 3.47. The quantitative estimate of drug-likeness (QED) is 0.671. The number of aromatic nitrogens is 1. The lowest BCUT2D eigenvalue weighted by atomic mass is 10.00. The smallest absolute Gasteiger partial charge is 0.312 e. The van der Waals surface area contributed by atoms with Crippen LogP contribution >= 0.6 is 22.9 Å². The van der Waals surface area contributed by atoms with Gasteiger partial charge in [0.05, 0.1) is 15.7 Å². The second-order valence-corrected chi connectivity index (χ2v) is 7.59. The van der Waals surface area contributed by atoms with Gasteiger partial charge < -0.3 is 9.80 Å². The minimum Gasteiger partial charge on any atom is -0.335 e. The number of carbonyl (C=O) groups is 1. The van der Waals surface area contributed by atoms with Gasteiger partial charge in [-0.3, -0.25) is 9.59 Å². The molecule has 1 aromatic heterocycles. The molecule has 0 unspecified atom stereocenters. The van der Waals surface area contributed by atoms with Gasteiger partial charge in [0, 0.05) is 35.8 Å². The highest BCUT2D eigenvalue weighted by Gasteiger charge is 2.26. The van der Waals surface area contributed by atoms with Crippen molar-refractivity contribution in [2.45, 2.75) is 6.54 Å². The summed E-state index contributed by atoms with van der Waals surface area (Å²) in [6.45, 7) is 0.843. The van der Waals surface area contributed by atoms with Crippen molar-refractivity contribution in [3.8, 4) is 11.1 Å². The Morgan fingerprint density at radius 3 is 2.89 bits per heavy atom. The summed E-state index contributed by atoms with van der Waals surface area (Å²) >= 11 is 7.50. The average molecular weight is 403 g/mol. The number of hydrogen-bond acceptors (Lipinski definition) is 4. The highest BCUT2D eigenvalue weighted by Crippen LogP contribution is 2.36. The molecule has 5 nitrogen and oxygen atoms in total. The van der Waals surface area contributed by atoms with E-state index in [1.54, 1.807) is 47.2 Å². The summed E-state index contributed by atoms with van der Waals surface area (Å²) in [6, 6.07) is 8.72. The number of rotatable bonds is 4. The summed E-state index contributed by atoms with van der Waals surface area (Å²) in [5, 5.41) is 0.511. The lowest BCUT2D eigenvalue weighted by Crippen LogP contribution is -2.49. The number of hydrogen-bond donors (Lipinski definition) is 0. The number of benzene rings is 2. The molecule has 0 bridgehead atoms. The Kier molecular flexibility index (Phi) is 4.80. The fraction of sp³-hybridized carbons (Fsp3) is 0.211. The van der Waals surface area contributed by atoms with Gasteiger partial charge in [0.25, 0.3) is 0 Å². The fourth-order valence-corrected chi connectivity index (χ4v) is 4.15. The second-order valence-electron chi connectivity index (χ2n) is 6.26. The van der Waals surface area contributed by atoms with E-state index in [9.17, 15) is 9.59 Å². The van der Waals surface area contributed by atoms with Gasteiger partial charge in [0.15, 0.2) is 0 Å². The van der Waals surface area contributed by atoms with Crippen LogP contribution in [0, 0.1) is 5.82 Å². The maximum absolute atomic E-state index is 15.4. The molecule has 2 aromatic carbocycles. The molecule has 1 saturated heterocycles. The SMILES string of the molecule is O=[C]N1CCN(Cc2cc3scnc3c(-c3cccc(Cl)c3)c2F)C(=O)C1. The number of thiazole rings is 1. The van der Waals surface area contributed by atoms with Crippen molar-refractivity contribution in [3.05, 3.63) is 52.2 Å². The fourth-order valence-electron chi connectivity index (χ4n) is 3.21. The molecule has 3 aromatic rings. The number of fused-ring (bicyclic) bond motifs is 1. The van der Waals surface area contributed by atoms with Gasteiger partial charge in [-0.25, -0.2) is 9.37 Å². The van der Waals surface area contributed by atoms with Gasteiger partial charge in [0.2, 0.25) is 5.91 Å². The standard InChI is InChI=1S/C19H14ClFN3O2S/c20-14-3-1-2-12(6-14)17-18(21)13(7-15-19(17)22-10-27-15)8-24-5-4-23(11-25)9-16(24)26/h1-3,6-7,10H,4-5,8-9H2. The van der Waals surface area contributed by atoms with Gasteiger partial charge >= 0.3 is 6.41 Å². The molecule has 0 saturated carbocycles. The molecule has 2 heterocycles. The first kappa shape index (κ1) is 17.9. The third-order valence-electron chi connectivity index (χ3n) is 4.56. The zero-order valence-electron chi connectivity index (χ0n) is 14.1. The Balaban J connectivity index is 1.75. The monoisotopic (exact) mass is 402 g/mol. The molecule has 0 atom stereocenters. The molecule has 4 rings (SSSR count). The number of carbonyl (C=O) groups excluding carboxylic acids is 2. The van der Waals surface area contributed by atoms with Crippen LogP contribution in [0.1, 0.15) is 5.56 Å². The van der Waals surface area contributed by atoms with Crippen molar-refractivity contribution in [1.29, 1.82) is 0 Å². The summed E-state index contributed by atoms with van der Waals surface area (Å²) in [5.41, 5.74) is 3.70. The molecule has 27 heavy (non-hydrogen) atoms. The molecule has 1 aliphatic heterocycles. The third kappa shape index (κ3) is 3.40. The molecule has 1 fully saturated rings. The van der Waals surface area contributed by atoms with Crippen LogP contribution in [0.2, 0.25) is 5.02 Å². The summed E-state index contributed by atoms with van der Waals surface area (Å²) in [7, 11) is 0. The minimum absolute atomic E-state index is 0.0327. The van der Waals surface area contributed by atoms with Crippen molar-refractivity contribution in [1.82, 2.24) is 14.8 Å². The second kappa shape index (κ2) is 7.25. The number of amides is 2. The van der Waals surface area contributed by atoms with Crippen molar-refractivity contribution in [2.75, 3.05) is 19.6 Å². The van der Waals surface area contributed by atoms with Crippen molar-refractivity contribution >= 4 is 45.5 Å². The Hall–Kier alpha value is -2.51. The van der Waals surface area contributed by atoms with Gasteiger partial charge in [-0.1, -0.05) is 23.7 Å². The van der Waals surface area contributed by atoms with Crippen molar-refractivity contribution < 1.29 is 14.0 Å². The van der Waals surface area contributed by atoms with Crippen LogP contribution in [0.4, 0.5) is 4.39 Å². The molecule has 2 amide bonds. The minimum atomic E-state index is -0.409. The highest BCUT2D eigenvalue weighted by atomic mass is 35.5. The maximum atomic E-state index is 15.4. The molecular weight excluding hydrogens is 389 g/mol. The van der Waals surface area contributed by atoms with E-state index in [0.29, 0.717) is 40.3 Å². The van der Waals surface area contributed by atoms with Crippen LogP contribution in [0.5, 0.6) is 0 Å². The van der Waals surface area contributed by atoms with E-state index < -0.39 is 5.82 Å². The van der Waals surface area contributed by atoms with Crippen LogP contribution in [0.15, 0.2) is 35.8 Å². The number of piperazine rings is 1. The van der Waals surface area contributed by atoms with E-state index in [0.717, 1.165) is 4.70 Å². The molecule has 0 N–H and O–H groups in total. The van der Waals surface area contributed by atoms with Crippen LogP contribution in [0.3, 0.4) is 0 Å². The van der Waals surface area contributed by atoms with Crippen molar-refractivity contribution in [2.24, 2.45) is 0 Å². The Labute approximate surface area is 164 Å². The molecule has 1 radical (unpaired) electrons. The predicted molar refractivity (Wildman–Crippen MR) is 103 cm³/mol. The zero-order chi connectivity index (χ0) is 19.0. The maximum Gasteiger partial charge on any atom is 0.312 e. The summed E-state index contributed by atoms with van der Waals surface area (Å²) in [6.07, 6.45) is 1.73. The first-order valence-corrected chi connectivity index (χ1v) is 9.53. The lowest BCUT2D eigenvalue weighted by molar-refractivity contribution is -0.135. The van der Waals surface area contributed by atoms with E-state index in [1.807, 2.05) is 0 Å². The molecule has 1 aliphatic rings. The van der Waals surface area contributed by atoms with Crippen LogP contribution in [-0.4, -0.2) is 46.7 Å². The van der Waals surface area contributed by atoms with Crippen molar-refractivity contribution in [3.63, 3.8) is 0 Å². The number of nitrogens with zero attached hydrogens (tertiary/aromatic N) is 3. The van der Waals surface area contributed by atoms with Crippen LogP contribution in [0.25, 0.3) is 21.3 Å². The number of halogens is 2. The summed E-state index contributed by atoms with van der Waals surface area (Å²) in [4.78, 5) is 30.1. The highest BCUT2D eigenvalue weighted by molar-refractivity contribution is 7.16. The first-order valence-electron chi connectivity index (χ1n) is 8.28. The van der Waals surface area contributed by atoms with Crippen LogP contribution < -0.4 is 0 Å². The lowest BCUT2D eigenvalue weighted by Gasteiger charge is -2.32. The van der Waals surface area contributed by atoms with Crippen LogP contribution in [-0.2, 0) is 16.1 Å². The van der Waals surface area contributed by atoms with E-state index in [-0.39, 0.29) is 19.0 Å². The molecule has 137 valence electrons. The first-order chi connectivity index (χ1) is 13.1. The largest absolute Gasteiger partial charge is 0.335 e. The topological polar surface area (TPSA) is 53.5 Å². The third-order valence-corrected chi connectivity index (χ3v) is 5.57. The Bertz CT molecular complexity index is 1040. The van der Waals surface area contributed by atoms with Gasteiger partial charge in [-0.05, 0) is 23.8 Å². The molecule has 8 heteroatoms. The molecule has 0 aliphatic carbocycles. The average Bonchev–Trinajstić information content (AvgIpc) is 3.11. The molecular formula is C19H14ClFN3O2S. The van der Waals surface area contributed by atoms with Gasteiger partial charge in [0.1, 0.15) is 12.4 Å². The van der Waals surface area contributed by atoms with E-state index in [1.165, 1.54) is 16.2 Å². The Morgan fingerprint density at radius 2 is 2.15 bits per heavy atom. The zero-order valence-corrected chi connectivity index (χ0v) is 15.7. The Morgan fingerprint density at radius 1 is 1.30 bits per heavy atom. The molecule has 0 spiro atoms. The van der Waals surface area contributed by atoms with E-state index >= 15 is 4.39 Å². The van der Waals surface area contributed by atoms with E-state index in [4.69, 9.17) is 11.6 Å². The normalized spacial score (nSPS) is 14.8. The van der Waals surface area contributed by atoms with Gasteiger partial charge in [-0.15, -0.1) is 11.3 Å².